The van der Waals surface area contributed by atoms with Crippen LogP contribution in [-0.4, -0.2) is 62.4 Å². The van der Waals surface area contributed by atoms with Crippen LogP contribution in [0.3, 0.4) is 0 Å². The zero-order chi connectivity index (χ0) is 27.0. The van der Waals surface area contributed by atoms with E-state index >= 15 is 0 Å². The molecule has 0 spiro atoms. The fraction of sp³-hybridized carbons (Fsp3) is 0.345. The molecular formula is C29H29BrN4O4. The van der Waals surface area contributed by atoms with Gasteiger partial charge in [0.15, 0.2) is 0 Å². The van der Waals surface area contributed by atoms with Gasteiger partial charge in [0, 0.05) is 53.8 Å². The highest BCUT2D eigenvalue weighted by Crippen LogP contribution is 2.45. The molecule has 196 valence electrons. The first-order chi connectivity index (χ1) is 18.1. The average molecular weight is 577 g/mol. The predicted molar refractivity (Wildman–Crippen MR) is 145 cm³/mol. The molecule has 38 heavy (non-hydrogen) atoms. The first-order valence-electron chi connectivity index (χ1n) is 12.6. The van der Waals surface area contributed by atoms with Crippen LogP contribution in [0.15, 0.2) is 71.7 Å². The van der Waals surface area contributed by atoms with Gasteiger partial charge in [0.1, 0.15) is 5.60 Å². The van der Waals surface area contributed by atoms with E-state index in [1.807, 2.05) is 57.2 Å². The van der Waals surface area contributed by atoms with Gasteiger partial charge in [0.25, 0.3) is 5.91 Å². The summed E-state index contributed by atoms with van der Waals surface area (Å²) in [5, 5.41) is 0. The normalized spacial score (nSPS) is 19.6. The van der Waals surface area contributed by atoms with Crippen LogP contribution >= 0.6 is 15.9 Å². The Morgan fingerprint density at radius 1 is 1.00 bits per heavy atom. The van der Waals surface area contributed by atoms with Gasteiger partial charge in [-0.15, -0.1) is 0 Å². The summed E-state index contributed by atoms with van der Waals surface area (Å²) in [6, 6.07) is 12.6. The molecule has 2 atom stereocenters. The second-order valence-electron chi connectivity index (χ2n) is 10.6. The molecule has 3 amide bonds. The van der Waals surface area contributed by atoms with Crippen LogP contribution in [0.1, 0.15) is 66.1 Å². The van der Waals surface area contributed by atoms with Crippen molar-refractivity contribution in [2.45, 2.75) is 50.7 Å². The average Bonchev–Trinajstić information content (AvgIpc) is 3.37. The van der Waals surface area contributed by atoms with Gasteiger partial charge in [0.2, 0.25) is 5.91 Å². The summed E-state index contributed by atoms with van der Waals surface area (Å²) >= 11 is 3.50. The number of pyridine rings is 2. The Kier molecular flexibility index (Phi) is 7.05. The molecule has 8 nitrogen and oxygen atoms in total. The van der Waals surface area contributed by atoms with Gasteiger partial charge in [-0.2, -0.15) is 0 Å². The van der Waals surface area contributed by atoms with Gasteiger partial charge in [-0.3, -0.25) is 24.5 Å². The van der Waals surface area contributed by atoms with Crippen molar-refractivity contribution in [3.8, 4) is 0 Å². The van der Waals surface area contributed by atoms with Crippen molar-refractivity contribution < 1.29 is 19.1 Å². The number of aromatic nitrogens is 2. The van der Waals surface area contributed by atoms with E-state index in [4.69, 9.17) is 4.74 Å². The highest BCUT2D eigenvalue weighted by molar-refractivity contribution is 9.10. The molecule has 0 N–H and O–H groups in total. The highest BCUT2D eigenvalue weighted by Gasteiger charge is 2.48. The zero-order valence-electron chi connectivity index (χ0n) is 21.5. The fourth-order valence-corrected chi connectivity index (χ4v) is 5.69. The molecule has 2 aromatic heterocycles. The van der Waals surface area contributed by atoms with E-state index in [1.165, 1.54) is 4.90 Å². The number of fused-ring (bicyclic) bond motifs is 1. The smallest absolute Gasteiger partial charge is 0.410 e. The molecule has 2 aliphatic rings. The summed E-state index contributed by atoms with van der Waals surface area (Å²) in [6.45, 7) is 6.08. The first kappa shape index (κ1) is 26.0. The van der Waals surface area contributed by atoms with Crippen LogP contribution in [0, 0.1) is 0 Å². The van der Waals surface area contributed by atoms with Crippen molar-refractivity contribution in [1.82, 2.24) is 19.8 Å². The van der Waals surface area contributed by atoms with Crippen LogP contribution < -0.4 is 0 Å². The molecule has 2 unspecified atom stereocenters. The van der Waals surface area contributed by atoms with Gasteiger partial charge >= 0.3 is 6.09 Å². The molecule has 1 aromatic carbocycles. The third-order valence-electron chi connectivity index (χ3n) is 6.95. The molecule has 4 heterocycles. The Balaban J connectivity index is 1.57. The van der Waals surface area contributed by atoms with Crippen molar-refractivity contribution in [3.05, 3.63) is 94.0 Å². The Morgan fingerprint density at radius 3 is 2.18 bits per heavy atom. The summed E-state index contributed by atoms with van der Waals surface area (Å²) in [7, 11) is 0. The van der Waals surface area contributed by atoms with E-state index in [9.17, 15) is 14.4 Å². The molecule has 0 saturated carbocycles. The van der Waals surface area contributed by atoms with E-state index < -0.39 is 23.7 Å². The number of nitrogens with zero attached hydrogens (tertiary/aromatic N) is 4. The Hall–Kier alpha value is -3.59. The minimum atomic E-state index is -0.656. The van der Waals surface area contributed by atoms with Gasteiger partial charge in [0.05, 0.1) is 12.0 Å². The zero-order valence-corrected chi connectivity index (χ0v) is 23.1. The lowest BCUT2D eigenvalue weighted by Crippen LogP contribution is -2.52. The molecule has 1 saturated heterocycles. The monoisotopic (exact) mass is 576 g/mol. The third-order valence-corrected chi connectivity index (χ3v) is 7.44. The lowest BCUT2D eigenvalue weighted by molar-refractivity contribution is -0.132. The number of ether oxygens (including phenoxy) is 1. The van der Waals surface area contributed by atoms with Crippen LogP contribution in [0.5, 0.6) is 0 Å². The van der Waals surface area contributed by atoms with Crippen molar-refractivity contribution in [1.29, 1.82) is 0 Å². The molecule has 1 fully saturated rings. The van der Waals surface area contributed by atoms with Gasteiger partial charge in [-0.05, 0) is 80.3 Å². The number of hydrogen-bond acceptors (Lipinski definition) is 6. The number of halogens is 1. The summed E-state index contributed by atoms with van der Waals surface area (Å²) < 4.78 is 6.29. The summed E-state index contributed by atoms with van der Waals surface area (Å²) in [5.74, 6) is -1.65. The predicted octanol–water partition coefficient (Wildman–Crippen LogP) is 5.15. The number of benzene rings is 1. The van der Waals surface area contributed by atoms with Crippen LogP contribution in [-0.2, 0) is 9.53 Å². The first-order valence-corrected chi connectivity index (χ1v) is 13.4. The maximum Gasteiger partial charge on any atom is 0.410 e. The standard InChI is InChI=1S/C29H29BrN4O4/c1-29(2,3)38-28(37)33-15-10-21(17-33)34-26(35)23-16-20(30)4-5-22(23)25(27(34)36)24(18-6-11-31-12-7-18)19-8-13-32-14-9-19/h4-9,11-14,16,21,24-25H,10,15,17H2,1-3H3. The van der Waals surface area contributed by atoms with Crippen molar-refractivity contribution in [2.75, 3.05) is 13.1 Å². The van der Waals surface area contributed by atoms with Gasteiger partial charge in [-0.25, -0.2) is 4.79 Å². The number of carbonyl (C=O) groups excluding carboxylic acids is 3. The molecule has 0 bridgehead atoms. The van der Waals surface area contributed by atoms with Crippen molar-refractivity contribution >= 4 is 33.8 Å². The third kappa shape index (κ3) is 5.07. The minimum Gasteiger partial charge on any atom is -0.444 e. The summed E-state index contributed by atoms with van der Waals surface area (Å²) in [4.78, 5) is 52.2. The van der Waals surface area contributed by atoms with Crippen molar-refractivity contribution in [3.63, 3.8) is 0 Å². The molecule has 9 heteroatoms. The maximum absolute atomic E-state index is 14.4. The maximum atomic E-state index is 14.4. The topological polar surface area (TPSA) is 92.7 Å². The molecule has 3 aromatic rings. The number of likely N-dealkylation sites (tertiary alicyclic amines) is 1. The number of rotatable bonds is 4. The molecular weight excluding hydrogens is 548 g/mol. The minimum absolute atomic E-state index is 0.234. The SMILES string of the molecule is CC(C)(C)OC(=O)N1CCC(N2C(=O)c3cc(Br)ccc3C(C(c3ccncc3)c3ccncc3)C2=O)C1. The van der Waals surface area contributed by atoms with E-state index in [-0.39, 0.29) is 24.3 Å². The van der Waals surface area contributed by atoms with E-state index in [0.717, 1.165) is 15.6 Å². The number of imide groups is 1. The van der Waals surface area contributed by atoms with Crippen molar-refractivity contribution in [2.24, 2.45) is 0 Å². The number of carbonyl (C=O) groups is 3. The van der Waals surface area contributed by atoms with Gasteiger partial charge in [-0.1, -0.05) is 22.0 Å². The highest BCUT2D eigenvalue weighted by atomic mass is 79.9. The molecule has 2 aliphatic heterocycles. The largest absolute Gasteiger partial charge is 0.444 e. The summed E-state index contributed by atoms with van der Waals surface area (Å²) in [6.07, 6.45) is 6.87. The lowest BCUT2D eigenvalue weighted by atomic mass is 9.73. The van der Waals surface area contributed by atoms with Crippen LogP contribution in [0.2, 0.25) is 0 Å². The Bertz CT molecular complexity index is 1320. The fourth-order valence-electron chi connectivity index (χ4n) is 5.33. The molecule has 5 rings (SSSR count). The molecule has 0 aliphatic carbocycles. The quantitative estimate of drug-likeness (QED) is 0.399. The van der Waals surface area contributed by atoms with Crippen LogP contribution in [0.4, 0.5) is 4.79 Å². The van der Waals surface area contributed by atoms with Crippen LogP contribution in [0.25, 0.3) is 0 Å². The van der Waals surface area contributed by atoms with E-state index in [0.29, 0.717) is 24.1 Å². The molecule has 0 radical (unpaired) electrons. The van der Waals surface area contributed by atoms with E-state index in [2.05, 4.69) is 25.9 Å². The van der Waals surface area contributed by atoms with E-state index in [1.54, 1.807) is 35.8 Å². The Labute approximate surface area is 230 Å². The Morgan fingerprint density at radius 2 is 1.61 bits per heavy atom. The second-order valence-corrected chi connectivity index (χ2v) is 11.5. The number of amides is 3. The summed E-state index contributed by atoms with van der Waals surface area (Å²) in [5.41, 5.74) is 2.35. The van der Waals surface area contributed by atoms with Gasteiger partial charge < -0.3 is 9.64 Å². The number of hydrogen-bond donors (Lipinski definition) is 0. The lowest BCUT2D eigenvalue weighted by Gasteiger charge is -2.39. The second kappa shape index (κ2) is 10.3.